The first-order chi connectivity index (χ1) is 10.0. The number of nitrogens with zero attached hydrogens (tertiary/aromatic N) is 1. The lowest BCUT2D eigenvalue weighted by Gasteiger charge is -2.09. The third kappa shape index (κ3) is 3.19. The van der Waals surface area contributed by atoms with Crippen LogP contribution < -0.4 is 10.1 Å². The van der Waals surface area contributed by atoms with E-state index in [0.29, 0.717) is 11.3 Å². The number of rotatable bonds is 4. The molecule has 1 aromatic rings. The van der Waals surface area contributed by atoms with E-state index in [-0.39, 0.29) is 5.70 Å². The van der Waals surface area contributed by atoms with Crippen molar-refractivity contribution in [3.63, 3.8) is 0 Å². The highest BCUT2D eigenvalue weighted by molar-refractivity contribution is 6.15. The lowest BCUT2D eigenvalue weighted by molar-refractivity contribution is -0.143. The predicted octanol–water partition coefficient (Wildman–Crippen LogP) is 0.761. The summed E-state index contributed by atoms with van der Waals surface area (Å²) < 4.78 is 9.53. The molecule has 2 rings (SSSR count). The Morgan fingerprint density at radius 1 is 1.33 bits per heavy atom. The second-order valence-corrected chi connectivity index (χ2v) is 4.23. The number of esters is 1. The van der Waals surface area contributed by atoms with Crippen LogP contribution in [0.3, 0.4) is 0 Å². The fourth-order valence-electron chi connectivity index (χ4n) is 1.81. The fourth-order valence-corrected chi connectivity index (χ4v) is 1.81. The van der Waals surface area contributed by atoms with Gasteiger partial charge in [0.25, 0.3) is 5.91 Å². The lowest BCUT2D eigenvalue weighted by atomic mass is 10.2. The Kier molecular flexibility index (Phi) is 4.22. The Bertz CT molecular complexity index is 624. The van der Waals surface area contributed by atoms with Gasteiger partial charge >= 0.3 is 12.0 Å². The summed E-state index contributed by atoms with van der Waals surface area (Å²) in [5.74, 6) is -0.609. The predicted molar refractivity (Wildman–Crippen MR) is 73.2 cm³/mol. The topological polar surface area (TPSA) is 84.9 Å². The van der Waals surface area contributed by atoms with Gasteiger partial charge in [0.15, 0.2) is 0 Å². The van der Waals surface area contributed by atoms with Crippen LogP contribution in [-0.4, -0.2) is 43.6 Å². The molecule has 1 aliphatic heterocycles. The molecule has 1 aliphatic rings. The highest BCUT2D eigenvalue weighted by Crippen LogP contribution is 2.17. The molecule has 0 bridgehead atoms. The van der Waals surface area contributed by atoms with Crippen molar-refractivity contribution >= 4 is 24.0 Å². The molecule has 1 fully saturated rings. The summed E-state index contributed by atoms with van der Waals surface area (Å²) in [6.07, 6.45) is 1.51. The number of benzene rings is 1. The van der Waals surface area contributed by atoms with E-state index in [9.17, 15) is 14.4 Å². The molecule has 21 heavy (non-hydrogen) atoms. The standard InChI is InChI=1S/C14H14N2O5/c1-20-10-5-3-4-9(6-10)7-11-13(18)16(14(19)15-11)8-12(17)21-2/h3-7H,8H2,1-2H3,(H,15,19)/b11-7+. The molecule has 0 atom stereocenters. The van der Waals surface area contributed by atoms with Crippen LogP contribution in [0.5, 0.6) is 5.75 Å². The molecule has 0 spiro atoms. The molecule has 0 saturated carbocycles. The van der Waals surface area contributed by atoms with Gasteiger partial charge in [-0.05, 0) is 23.8 Å². The molecule has 7 heteroatoms. The Labute approximate surface area is 121 Å². The van der Waals surface area contributed by atoms with Crippen molar-refractivity contribution in [2.45, 2.75) is 0 Å². The van der Waals surface area contributed by atoms with Crippen LogP contribution in [0.15, 0.2) is 30.0 Å². The molecule has 1 aromatic carbocycles. The zero-order valence-corrected chi connectivity index (χ0v) is 11.6. The van der Waals surface area contributed by atoms with Gasteiger partial charge in [0.2, 0.25) is 0 Å². The molecule has 0 radical (unpaired) electrons. The number of imide groups is 1. The third-order valence-electron chi connectivity index (χ3n) is 2.88. The van der Waals surface area contributed by atoms with Crippen molar-refractivity contribution in [3.8, 4) is 5.75 Å². The van der Waals surface area contributed by atoms with Crippen molar-refractivity contribution < 1.29 is 23.9 Å². The first kappa shape index (κ1) is 14.6. The van der Waals surface area contributed by atoms with E-state index in [2.05, 4.69) is 10.1 Å². The summed E-state index contributed by atoms with van der Waals surface area (Å²) in [6.45, 7) is -0.420. The molecule has 1 N–H and O–H groups in total. The molecule has 0 unspecified atom stereocenters. The van der Waals surface area contributed by atoms with Crippen LogP contribution in [0, 0.1) is 0 Å². The number of ether oxygens (including phenoxy) is 2. The monoisotopic (exact) mass is 290 g/mol. The summed E-state index contributed by atoms with van der Waals surface area (Å²) in [5.41, 5.74) is 0.787. The van der Waals surface area contributed by atoms with Gasteiger partial charge in [-0.15, -0.1) is 0 Å². The Morgan fingerprint density at radius 2 is 2.10 bits per heavy atom. The SMILES string of the molecule is COC(=O)CN1C(=O)N/C(=C/c2cccc(OC)c2)C1=O. The minimum Gasteiger partial charge on any atom is -0.497 e. The van der Waals surface area contributed by atoms with Crippen LogP contribution in [0.25, 0.3) is 6.08 Å². The largest absolute Gasteiger partial charge is 0.497 e. The van der Waals surface area contributed by atoms with Gasteiger partial charge in [-0.3, -0.25) is 9.59 Å². The number of nitrogens with one attached hydrogen (secondary N) is 1. The van der Waals surface area contributed by atoms with E-state index < -0.39 is 24.5 Å². The number of carbonyl (C=O) groups is 3. The van der Waals surface area contributed by atoms with Crippen molar-refractivity contribution in [2.75, 3.05) is 20.8 Å². The van der Waals surface area contributed by atoms with Crippen LogP contribution in [0.4, 0.5) is 4.79 Å². The highest BCUT2D eigenvalue weighted by Gasteiger charge is 2.35. The van der Waals surface area contributed by atoms with E-state index in [1.165, 1.54) is 20.3 Å². The van der Waals surface area contributed by atoms with Crippen LogP contribution in [0.1, 0.15) is 5.56 Å². The van der Waals surface area contributed by atoms with Crippen LogP contribution >= 0.6 is 0 Å². The Morgan fingerprint density at radius 3 is 2.76 bits per heavy atom. The van der Waals surface area contributed by atoms with E-state index >= 15 is 0 Å². The molecule has 0 aliphatic carbocycles. The molecular weight excluding hydrogens is 276 g/mol. The lowest BCUT2D eigenvalue weighted by Crippen LogP contribution is -2.36. The smallest absolute Gasteiger partial charge is 0.329 e. The minimum absolute atomic E-state index is 0.0946. The summed E-state index contributed by atoms with van der Waals surface area (Å²) in [6, 6.07) is 6.35. The van der Waals surface area contributed by atoms with E-state index in [0.717, 1.165) is 4.90 Å². The number of hydrogen-bond acceptors (Lipinski definition) is 5. The van der Waals surface area contributed by atoms with Gasteiger partial charge < -0.3 is 14.8 Å². The molecule has 7 nitrogen and oxygen atoms in total. The van der Waals surface area contributed by atoms with Gasteiger partial charge in [-0.1, -0.05) is 12.1 Å². The number of amides is 3. The quantitative estimate of drug-likeness (QED) is 0.503. The maximum absolute atomic E-state index is 12.1. The number of urea groups is 1. The number of hydrogen-bond donors (Lipinski definition) is 1. The van der Waals surface area contributed by atoms with Crippen molar-refractivity contribution in [1.29, 1.82) is 0 Å². The molecule has 1 heterocycles. The third-order valence-corrected chi connectivity index (χ3v) is 2.88. The minimum atomic E-state index is -0.666. The molecular formula is C14H14N2O5. The van der Waals surface area contributed by atoms with Crippen molar-refractivity contribution in [1.82, 2.24) is 10.2 Å². The summed E-state index contributed by atoms with van der Waals surface area (Å²) in [5, 5.41) is 2.42. The average Bonchev–Trinajstić information content (AvgIpc) is 2.75. The van der Waals surface area contributed by atoms with Gasteiger partial charge in [0.05, 0.1) is 14.2 Å². The highest BCUT2D eigenvalue weighted by atomic mass is 16.5. The Hall–Kier alpha value is -2.83. The maximum Gasteiger partial charge on any atom is 0.329 e. The van der Waals surface area contributed by atoms with Crippen LogP contribution in [0.2, 0.25) is 0 Å². The van der Waals surface area contributed by atoms with Gasteiger partial charge in [0, 0.05) is 0 Å². The Balaban J connectivity index is 2.21. The zero-order chi connectivity index (χ0) is 15.4. The zero-order valence-electron chi connectivity index (χ0n) is 11.6. The van der Waals surface area contributed by atoms with Crippen molar-refractivity contribution in [3.05, 3.63) is 35.5 Å². The first-order valence-corrected chi connectivity index (χ1v) is 6.10. The summed E-state index contributed by atoms with van der Waals surface area (Å²) >= 11 is 0. The van der Waals surface area contributed by atoms with Gasteiger partial charge in [-0.2, -0.15) is 0 Å². The normalized spacial score (nSPS) is 16.1. The fraction of sp³-hybridized carbons (Fsp3) is 0.214. The molecule has 110 valence electrons. The van der Waals surface area contributed by atoms with E-state index in [1.807, 2.05) is 0 Å². The second kappa shape index (κ2) is 6.08. The summed E-state index contributed by atoms with van der Waals surface area (Å²) in [4.78, 5) is 35.7. The molecule has 0 aromatic heterocycles. The second-order valence-electron chi connectivity index (χ2n) is 4.23. The maximum atomic E-state index is 12.1. The molecule has 1 saturated heterocycles. The van der Waals surface area contributed by atoms with E-state index in [1.54, 1.807) is 24.3 Å². The van der Waals surface area contributed by atoms with E-state index in [4.69, 9.17) is 4.74 Å². The molecule has 3 amide bonds. The van der Waals surface area contributed by atoms with Crippen molar-refractivity contribution in [2.24, 2.45) is 0 Å². The van der Waals surface area contributed by atoms with Gasteiger partial charge in [0.1, 0.15) is 18.0 Å². The van der Waals surface area contributed by atoms with Gasteiger partial charge in [-0.25, -0.2) is 9.69 Å². The number of methoxy groups -OCH3 is 2. The van der Waals surface area contributed by atoms with Crippen LogP contribution in [-0.2, 0) is 14.3 Å². The number of carbonyl (C=O) groups excluding carboxylic acids is 3. The average molecular weight is 290 g/mol. The first-order valence-electron chi connectivity index (χ1n) is 6.10. The summed E-state index contributed by atoms with van der Waals surface area (Å²) in [7, 11) is 2.72.